The third kappa shape index (κ3) is 56.3. The van der Waals surface area contributed by atoms with Gasteiger partial charge in [0.15, 0.2) is 6.10 Å². The summed E-state index contributed by atoms with van der Waals surface area (Å²) in [4.78, 5) is 38.1. The number of rotatable bonds is 56. The van der Waals surface area contributed by atoms with E-state index in [0.717, 1.165) is 64.2 Å². The molecule has 0 rings (SSSR count). The molecule has 0 aromatic rings. The van der Waals surface area contributed by atoms with Gasteiger partial charge in [-0.05, 0) is 44.9 Å². The second-order valence-corrected chi connectivity index (χ2v) is 20.6. The zero-order valence-corrected chi connectivity index (χ0v) is 46.8. The Morgan fingerprint density at radius 2 is 0.557 bits per heavy atom. The van der Waals surface area contributed by atoms with E-state index in [1.165, 1.54) is 212 Å². The van der Waals surface area contributed by atoms with Crippen molar-refractivity contribution in [1.29, 1.82) is 0 Å². The molecule has 0 spiro atoms. The summed E-state index contributed by atoms with van der Waals surface area (Å²) < 4.78 is 16.8. The lowest BCUT2D eigenvalue weighted by Gasteiger charge is -2.18. The first-order valence-electron chi connectivity index (χ1n) is 30.6. The molecule has 0 aromatic heterocycles. The van der Waals surface area contributed by atoms with E-state index in [1.807, 2.05) is 6.08 Å². The Kier molecular flexibility index (Phi) is 56.7. The fraction of sp³-hybridized carbons (Fsp3) is 0.828. The van der Waals surface area contributed by atoms with Crippen LogP contribution in [0.25, 0.3) is 0 Å². The minimum absolute atomic E-state index is 0.0904. The summed E-state index contributed by atoms with van der Waals surface area (Å²) in [5.74, 6) is -0.957. The first-order chi connectivity index (χ1) is 34.5. The van der Waals surface area contributed by atoms with Crippen molar-refractivity contribution in [1.82, 2.24) is 0 Å². The van der Waals surface area contributed by atoms with Gasteiger partial charge in [0.25, 0.3) is 0 Å². The maximum absolute atomic E-state index is 12.8. The molecule has 0 N–H and O–H groups in total. The van der Waals surface area contributed by atoms with Crippen LogP contribution in [0.1, 0.15) is 323 Å². The molecule has 6 heteroatoms. The lowest BCUT2D eigenvalue weighted by molar-refractivity contribution is -0.166. The predicted molar refractivity (Wildman–Crippen MR) is 302 cm³/mol. The summed E-state index contributed by atoms with van der Waals surface area (Å²) in [5, 5.41) is 0. The molecule has 0 aliphatic carbocycles. The molecular weight excluding hydrogens is 865 g/mol. The summed E-state index contributed by atoms with van der Waals surface area (Å²) in [5.41, 5.74) is 0. The van der Waals surface area contributed by atoms with Gasteiger partial charge in [-0.1, -0.05) is 307 Å². The molecule has 1 atom stereocenters. The molecule has 0 aliphatic rings. The zero-order chi connectivity index (χ0) is 50.7. The van der Waals surface area contributed by atoms with E-state index in [9.17, 15) is 14.4 Å². The Morgan fingerprint density at radius 1 is 0.300 bits per heavy atom. The SMILES string of the molecule is CC/C=C\C/C=C\C/C=C\C/C=C\CCC(=O)OCC(COC(=O)CCCCCCCCCCCCCCCCCCCCCCCCCCC)OC(=O)CCCCCCCCCCCCCCCC. The Morgan fingerprint density at radius 3 is 0.871 bits per heavy atom. The number of esters is 3. The van der Waals surface area contributed by atoms with Crippen molar-refractivity contribution < 1.29 is 28.6 Å². The number of allylic oxidation sites excluding steroid dienone is 8. The van der Waals surface area contributed by atoms with E-state index in [0.29, 0.717) is 19.3 Å². The normalized spacial score (nSPS) is 12.3. The lowest BCUT2D eigenvalue weighted by atomic mass is 10.0. The van der Waals surface area contributed by atoms with Crippen LogP contribution < -0.4 is 0 Å². The first-order valence-corrected chi connectivity index (χ1v) is 30.6. The molecule has 0 aromatic carbocycles. The quantitative estimate of drug-likeness (QED) is 0.0261. The van der Waals surface area contributed by atoms with Crippen molar-refractivity contribution in [2.24, 2.45) is 0 Å². The van der Waals surface area contributed by atoms with Crippen LogP contribution in [0.15, 0.2) is 48.6 Å². The van der Waals surface area contributed by atoms with Gasteiger partial charge in [0, 0.05) is 19.3 Å². The average Bonchev–Trinajstić information content (AvgIpc) is 3.36. The summed E-state index contributed by atoms with van der Waals surface area (Å²) in [6.45, 7) is 6.51. The molecular formula is C64H116O6. The number of hydrogen-bond acceptors (Lipinski definition) is 6. The average molecular weight is 982 g/mol. The third-order valence-corrected chi connectivity index (χ3v) is 13.6. The molecule has 0 aliphatic heterocycles. The van der Waals surface area contributed by atoms with E-state index in [4.69, 9.17) is 14.2 Å². The van der Waals surface area contributed by atoms with Crippen LogP contribution in [-0.2, 0) is 28.6 Å². The molecule has 6 nitrogen and oxygen atoms in total. The number of unbranched alkanes of at least 4 members (excludes halogenated alkanes) is 37. The van der Waals surface area contributed by atoms with Gasteiger partial charge < -0.3 is 14.2 Å². The van der Waals surface area contributed by atoms with Crippen LogP contribution in [0, 0.1) is 0 Å². The van der Waals surface area contributed by atoms with Gasteiger partial charge in [-0.3, -0.25) is 14.4 Å². The van der Waals surface area contributed by atoms with Gasteiger partial charge in [-0.15, -0.1) is 0 Å². The lowest BCUT2D eigenvalue weighted by Crippen LogP contribution is -2.30. The van der Waals surface area contributed by atoms with Crippen molar-refractivity contribution in [2.45, 2.75) is 329 Å². The highest BCUT2D eigenvalue weighted by molar-refractivity contribution is 5.71. The number of hydrogen-bond donors (Lipinski definition) is 0. The zero-order valence-electron chi connectivity index (χ0n) is 46.8. The Hall–Kier alpha value is -2.63. The van der Waals surface area contributed by atoms with Crippen LogP contribution in [0.3, 0.4) is 0 Å². The second kappa shape index (κ2) is 58.9. The fourth-order valence-corrected chi connectivity index (χ4v) is 9.05. The Bertz CT molecular complexity index is 1220. The monoisotopic (exact) mass is 981 g/mol. The highest BCUT2D eigenvalue weighted by atomic mass is 16.6. The largest absolute Gasteiger partial charge is 0.462 e. The van der Waals surface area contributed by atoms with E-state index in [2.05, 4.69) is 63.3 Å². The van der Waals surface area contributed by atoms with Crippen LogP contribution in [0.4, 0.5) is 0 Å². The van der Waals surface area contributed by atoms with Gasteiger partial charge in [-0.25, -0.2) is 0 Å². The smallest absolute Gasteiger partial charge is 0.306 e. The van der Waals surface area contributed by atoms with E-state index in [1.54, 1.807) is 0 Å². The first kappa shape index (κ1) is 67.4. The highest BCUT2D eigenvalue weighted by Crippen LogP contribution is 2.18. The van der Waals surface area contributed by atoms with Crippen LogP contribution in [0.2, 0.25) is 0 Å². The van der Waals surface area contributed by atoms with Crippen molar-refractivity contribution >= 4 is 17.9 Å². The summed E-state index contributed by atoms with van der Waals surface area (Å²) >= 11 is 0. The van der Waals surface area contributed by atoms with Gasteiger partial charge in [0.1, 0.15) is 13.2 Å². The molecule has 0 saturated heterocycles. The van der Waals surface area contributed by atoms with Crippen molar-refractivity contribution in [2.75, 3.05) is 13.2 Å². The fourth-order valence-electron chi connectivity index (χ4n) is 9.05. The van der Waals surface area contributed by atoms with E-state index < -0.39 is 6.10 Å². The number of carbonyl (C=O) groups is 3. The topological polar surface area (TPSA) is 78.9 Å². The number of carbonyl (C=O) groups excluding carboxylic acids is 3. The molecule has 0 fully saturated rings. The Labute approximate surface area is 435 Å². The Balaban J connectivity index is 4.24. The summed E-state index contributed by atoms with van der Waals surface area (Å²) in [6, 6.07) is 0. The van der Waals surface area contributed by atoms with Gasteiger partial charge in [0.2, 0.25) is 0 Å². The molecule has 70 heavy (non-hydrogen) atoms. The second-order valence-electron chi connectivity index (χ2n) is 20.6. The van der Waals surface area contributed by atoms with E-state index in [-0.39, 0.29) is 37.5 Å². The number of ether oxygens (including phenoxy) is 3. The van der Waals surface area contributed by atoms with Gasteiger partial charge in [0.05, 0.1) is 0 Å². The van der Waals surface area contributed by atoms with Crippen molar-refractivity contribution in [3.63, 3.8) is 0 Å². The minimum atomic E-state index is -0.798. The minimum Gasteiger partial charge on any atom is -0.462 e. The van der Waals surface area contributed by atoms with E-state index >= 15 is 0 Å². The van der Waals surface area contributed by atoms with Crippen LogP contribution in [-0.4, -0.2) is 37.2 Å². The maximum Gasteiger partial charge on any atom is 0.306 e. The molecule has 1 unspecified atom stereocenters. The van der Waals surface area contributed by atoms with Crippen LogP contribution in [0.5, 0.6) is 0 Å². The summed E-state index contributed by atoms with van der Waals surface area (Å²) in [7, 11) is 0. The summed E-state index contributed by atoms with van der Waals surface area (Å²) in [6.07, 6.45) is 72.9. The maximum atomic E-state index is 12.8. The molecule has 0 bridgehead atoms. The molecule has 0 saturated carbocycles. The standard InChI is InChI=1S/C64H116O6/c1-4-7-10-13-16-19-22-25-27-28-29-30-31-32-33-34-35-36-37-40-42-45-48-51-54-57-63(66)69-60-61(59-68-62(65)56-53-50-47-44-41-38-24-21-18-15-12-9-6-3)70-64(67)58-55-52-49-46-43-39-26-23-20-17-14-11-8-5-2/h9,12,18,21,38,41,47,50,61H,4-8,10-11,13-17,19-20,22-37,39-40,42-46,48-49,51-60H2,1-3H3/b12-9-,21-18-,41-38-,50-47-. The van der Waals surface area contributed by atoms with Crippen molar-refractivity contribution in [3.8, 4) is 0 Å². The van der Waals surface area contributed by atoms with Gasteiger partial charge >= 0.3 is 17.9 Å². The van der Waals surface area contributed by atoms with Crippen molar-refractivity contribution in [3.05, 3.63) is 48.6 Å². The van der Waals surface area contributed by atoms with Crippen LogP contribution >= 0.6 is 0 Å². The third-order valence-electron chi connectivity index (χ3n) is 13.6. The molecule has 0 amide bonds. The highest BCUT2D eigenvalue weighted by Gasteiger charge is 2.19. The van der Waals surface area contributed by atoms with Gasteiger partial charge in [-0.2, -0.15) is 0 Å². The molecule has 0 heterocycles. The molecule has 408 valence electrons. The predicted octanol–water partition coefficient (Wildman–Crippen LogP) is 20.6. The molecule has 0 radical (unpaired) electrons.